The van der Waals surface area contributed by atoms with E-state index in [9.17, 15) is 4.79 Å². The van der Waals surface area contributed by atoms with Crippen molar-refractivity contribution in [3.8, 4) is 0 Å². The Morgan fingerprint density at radius 3 is 2.04 bits per heavy atom. The molecule has 3 nitrogen and oxygen atoms in total. The lowest BCUT2D eigenvalue weighted by Gasteiger charge is -2.20. The van der Waals surface area contributed by atoms with Gasteiger partial charge >= 0.3 is 0 Å². The van der Waals surface area contributed by atoms with Crippen LogP contribution in [0.4, 0.5) is 0 Å². The molecule has 27 heavy (non-hydrogen) atoms. The molecule has 1 amide bonds. The second-order valence-corrected chi connectivity index (χ2v) is 8.87. The third-order valence-electron chi connectivity index (χ3n) is 6.58. The van der Waals surface area contributed by atoms with Gasteiger partial charge in [-0.15, -0.1) is 0 Å². The SMILES string of the molecule is O=C(NCC1CCCCCCC1)c1ccnc(CC2CCCCCCC2)c1. The minimum Gasteiger partial charge on any atom is -0.352 e. The summed E-state index contributed by atoms with van der Waals surface area (Å²) in [6.45, 7) is 0.832. The maximum atomic E-state index is 12.6. The summed E-state index contributed by atoms with van der Waals surface area (Å²) in [6.07, 6.45) is 21.7. The zero-order chi connectivity index (χ0) is 18.7. The van der Waals surface area contributed by atoms with E-state index in [0.29, 0.717) is 5.92 Å². The first-order valence-corrected chi connectivity index (χ1v) is 11.5. The van der Waals surface area contributed by atoms with Crippen LogP contribution in [0.5, 0.6) is 0 Å². The van der Waals surface area contributed by atoms with Crippen LogP contribution in [-0.4, -0.2) is 17.4 Å². The Morgan fingerprint density at radius 2 is 1.41 bits per heavy atom. The molecule has 3 rings (SSSR count). The normalized spacial score (nSPS) is 20.9. The van der Waals surface area contributed by atoms with Crippen molar-refractivity contribution in [1.82, 2.24) is 10.3 Å². The number of hydrogen-bond acceptors (Lipinski definition) is 2. The molecular formula is C24H38N2O. The number of rotatable bonds is 5. The van der Waals surface area contributed by atoms with Crippen LogP contribution in [0.15, 0.2) is 18.3 Å². The molecule has 1 N–H and O–H groups in total. The van der Waals surface area contributed by atoms with Gasteiger partial charge in [0.25, 0.3) is 5.91 Å². The van der Waals surface area contributed by atoms with Crippen LogP contribution in [0.3, 0.4) is 0 Å². The molecule has 2 aliphatic rings. The average molecular weight is 371 g/mol. The van der Waals surface area contributed by atoms with Gasteiger partial charge in [-0.2, -0.15) is 0 Å². The van der Waals surface area contributed by atoms with Crippen LogP contribution in [0.2, 0.25) is 0 Å². The molecule has 1 aromatic rings. The average Bonchev–Trinajstić information content (AvgIpc) is 2.63. The summed E-state index contributed by atoms with van der Waals surface area (Å²) >= 11 is 0. The van der Waals surface area contributed by atoms with Gasteiger partial charge in [-0.3, -0.25) is 9.78 Å². The summed E-state index contributed by atoms with van der Waals surface area (Å²) in [5, 5.41) is 3.20. The molecule has 0 unspecified atom stereocenters. The lowest BCUT2D eigenvalue weighted by molar-refractivity contribution is 0.0944. The fourth-order valence-corrected chi connectivity index (χ4v) is 4.86. The summed E-state index contributed by atoms with van der Waals surface area (Å²) in [5.74, 6) is 1.48. The van der Waals surface area contributed by atoms with Gasteiger partial charge in [0.1, 0.15) is 0 Å². The van der Waals surface area contributed by atoms with Gasteiger partial charge in [-0.1, -0.05) is 77.0 Å². The molecule has 0 radical (unpaired) electrons. The minimum atomic E-state index is 0.0818. The number of hydrogen-bond donors (Lipinski definition) is 1. The Morgan fingerprint density at radius 1 is 0.852 bits per heavy atom. The largest absolute Gasteiger partial charge is 0.352 e. The predicted molar refractivity (Wildman–Crippen MR) is 112 cm³/mol. The molecule has 0 atom stereocenters. The molecule has 0 aromatic carbocycles. The van der Waals surface area contributed by atoms with E-state index in [1.165, 1.54) is 89.9 Å². The number of nitrogens with one attached hydrogen (secondary N) is 1. The minimum absolute atomic E-state index is 0.0818. The van der Waals surface area contributed by atoms with Crippen LogP contribution >= 0.6 is 0 Å². The maximum Gasteiger partial charge on any atom is 0.251 e. The van der Waals surface area contributed by atoms with E-state index in [-0.39, 0.29) is 5.91 Å². The third kappa shape index (κ3) is 7.27. The van der Waals surface area contributed by atoms with Crippen molar-refractivity contribution in [2.24, 2.45) is 11.8 Å². The highest BCUT2D eigenvalue weighted by Crippen LogP contribution is 2.25. The molecule has 2 fully saturated rings. The van der Waals surface area contributed by atoms with Crippen molar-refractivity contribution in [2.45, 2.75) is 96.3 Å². The van der Waals surface area contributed by atoms with E-state index >= 15 is 0 Å². The first-order chi connectivity index (χ1) is 13.3. The third-order valence-corrected chi connectivity index (χ3v) is 6.58. The highest BCUT2D eigenvalue weighted by Gasteiger charge is 2.16. The van der Waals surface area contributed by atoms with E-state index in [1.807, 2.05) is 18.3 Å². The van der Waals surface area contributed by atoms with Crippen molar-refractivity contribution < 1.29 is 4.79 Å². The van der Waals surface area contributed by atoms with Crippen LogP contribution in [0, 0.1) is 11.8 Å². The molecule has 150 valence electrons. The molecule has 2 saturated carbocycles. The zero-order valence-electron chi connectivity index (χ0n) is 17.1. The molecule has 3 heteroatoms. The van der Waals surface area contributed by atoms with E-state index in [4.69, 9.17) is 0 Å². The van der Waals surface area contributed by atoms with Crippen molar-refractivity contribution in [3.05, 3.63) is 29.6 Å². The monoisotopic (exact) mass is 370 g/mol. The van der Waals surface area contributed by atoms with E-state index in [0.717, 1.165) is 30.1 Å². The first kappa shape index (κ1) is 20.4. The topological polar surface area (TPSA) is 42.0 Å². The highest BCUT2D eigenvalue weighted by molar-refractivity contribution is 5.94. The fraction of sp³-hybridized carbons (Fsp3) is 0.750. The predicted octanol–water partition coefficient (Wildman–Crippen LogP) is 6.07. The number of carbonyl (C=O) groups is 1. The number of carbonyl (C=O) groups excluding carboxylic acids is 1. The van der Waals surface area contributed by atoms with Gasteiger partial charge in [0.05, 0.1) is 0 Å². The van der Waals surface area contributed by atoms with Crippen molar-refractivity contribution in [1.29, 1.82) is 0 Å². The zero-order valence-corrected chi connectivity index (χ0v) is 17.1. The quantitative estimate of drug-likeness (QED) is 0.683. The maximum absolute atomic E-state index is 12.6. The molecule has 1 heterocycles. The van der Waals surface area contributed by atoms with Gasteiger partial charge in [0, 0.05) is 24.0 Å². The molecule has 2 aliphatic carbocycles. The smallest absolute Gasteiger partial charge is 0.251 e. The Bertz CT molecular complexity index is 555. The van der Waals surface area contributed by atoms with Gasteiger partial charge in [-0.05, 0) is 43.2 Å². The first-order valence-electron chi connectivity index (χ1n) is 11.5. The molecule has 0 spiro atoms. The second-order valence-electron chi connectivity index (χ2n) is 8.87. The summed E-state index contributed by atoms with van der Waals surface area (Å²) in [5.41, 5.74) is 1.89. The number of pyridine rings is 1. The standard InChI is InChI=1S/C24H38N2O/c27-24(26-19-21-13-9-5-2-6-10-14-21)22-15-16-25-23(18-22)17-20-11-7-3-1-4-8-12-20/h15-16,18,20-21H,1-14,17,19H2,(H,26,27). The summed E-state index contributed by atoms with van der Waals surface area (Å²) < 4.78 is 0. The molecule has 0 saturated heterocycles. The summed E-state index contributed by atoms with van der Waals surface area (Å²) in [4.78, 5) is 17.2. The van der Waals surface area contributed by atoms with E-state index < -0.39 is 0 Å². The van der Waals surface area contributed by atoms with Crippen LogP contribution in [0.1, 0.15) is 106 Å². The Hall–Kier alpha value is -1.38. The van der Waals surface area contributed by atoms with Crippen LogP contribution in [0.25, 0.3) is 0 Å². The Labute approximate surface area is 165 Å². The van der Waals surface area contributed by atoms with Crippen molar-refractivity contribution in [2.75, 3.05) is 6.54 Å². The molecule has 0 aliphatic heterocycles. The van der Waals surface area contributed by atoms with E-state index in [2.05, 4.69) is 10.3 Å². The highest BCUT2D eigenvalue weighted by atomic mass is 16.1. The van der Waals surface area contributed by atoms with E-state index in [1.54, 1.807) is 0 Å². The number of amides is 1. The van der Waals surface area contributed by atoms with Crippen molar-refractivity contribution >= 4 is 5.91 Å². The van der Waals surface area contributed by atoms with Crippen LogP contribution in [-0.2, 0) is 6.42 Å². The molecule has 1 aromatic heterocycles. The van der Waals surface area contributed by atoms with Crippen molar-refractivity contribution in [3.63, 3.8) is 0 Å². The fourth-order valence-electron chi connectivity index (χ4n) is 4.86. The summed E-state index contributed by atoms with van der Waals surface area (Å²) in [6, 6.07) is 3.90. The Kier molecular flexibility index (Phi) is 8.64. The van der Waals surface area contributed by atoms with Gasteiger partial charge < -0.3 is 5.32 Å². The number of nitrogens with zero attached hydrogens (tertiary/aromatic N) is 1. The van der Waals surface area contributed by atoms with Gasteiger partial charge in [0.15, 0.2) is 0 Å². The summed E-state index contributed by atoms with van der Waals surface area (Å²) in [7, 11) is 0. The Balaban J connectivity index is 1.50. The lowest BCUT2D eigenvalue weighted by Crippen LogP contribution is -2.29. The van der Waals surface area contributed by atoms with Crippen LogP contribution < -0.4 is 5.32 Å². The second kappa shape index (κ2) is 11.5. The number of aromatic nitrogens is 1. The van der Waals surface area contributed by atoms with Gasteiger partial charge in [0.2, 0.25) is 0 Å². The lowest BCUT2D eigenvalue weighted by atomic mass is 9.88. The molecular weight excluding hydrogens is 332 g/mol. The van der Waals surface area contributed by atoms with Gasteiger partial charge in [-0.25, -0.2) is 0 Å². The molecule has 0 bridgehead atoms.